The molecule has 17 heavy (non-hydrogen) atoms. The number of halogens is 1. The lowest BCUT2D eigenvalue weighted by molar-refractivity contribution is 0.259. The molecular weight excluding hydrogens is 298 g/mol. The van der Waals surface area contributed by atoms with Crippen LogP contribution in [0.5, 0.6) is 0 Å². The molecule has 1 aromatic heterocycles. The van der Waals surface area contributed by atoms with E-state index in [1.165, 1.54) is 27.9 Å². The van der Waals surface area contributed by atoms with Gasteiger partial charge in [-0.25, -0.2) is 0 Å². The van der Waals surface area contributed by atoms with Gasteiger partial charge in [-0.2, -0.15) is 0 Å². The fourth-order valence-electron chi connectivity index (χ4n) is 2.16. The molecule has 0 radical (unpaired) electrons. The number of thiophene rings is 1. The number of rotatable bonds is 4. The quantitative estimate of drug-likeness (QED) is 0.663. The van der Waals surface area contributed by atoms with E-state index in [1.807, 2.05) is 18.3 Å². The van der Waals surface area contributed by atoms with Crippen molar-refractivity contribution in [2.75, 3.05) is 13.1 Å². The first kappa shape index (κ1) is 12.9. The predicted octanol–water partition coefficient (Wildman–Crippen LogP) is 2.86. The summed E-state index contributed by atoms with van der Waals surface area (Å²) in [6.45, 7) is 3.66. The minimum Gasteiger partial charge on any atom is -0.370 e. The van der Waals surface area contributed by atoms with Gasteiger partial charge >= 0.3 is 0 Å². The van der Waals surface area contributed by atoms with Crippen molar-refractivity contribution < 1.29 is 0 Å². The second kappa shape index (κ2) is 5.40. The Balaban J connectivity index is 2.08. The van der Waals surface area contributed by atoms with Crippen molar-refractivity contribution in [1.29, 1.82) is 0 Å². The third-order valence-corrected chi connectivity index (χ3v) is 5.19. The number of hydrogen-bond acceptors (Lipinski definition) is 2. The zero-order valence-electron chi connectivity index (χ0n) is 10.0. The van der Waals surface area contributed by atoms with Crippen LogP contribution >= 0.6 is 27.3 Å². The molecular formula is C12H18BrN3S. The van der Waals surface area contributed by atoms with Gasteiger partial charge in [-0.1, -0.05) is 6.42 Å². The van der Waals surface area contributed by atoms with Crippen molar-refractivity contribution in [3.05, 3.63) is 20.8 Å². The molecule has 0 atom stereocenters. The first-order valence-electron chi connectivity index (χ1n) is 5.96. The molecule has 0 aliphatic heterocycles. The van der Waals surface area contributed by atoms with Crippen LogP contribution in [0.15, 0.2) is 20.9 Å². The van der Waals surface area contributed by atoms with Crippen molar-refractivity contribution >= 4 is 33.2 Å². The molecule has 3 N–H and O–H groups in total. The highest BCUT2D eigenvalue weighted by Gasteiger charge is 2.39. The smallest absolute Gasteiger partial charge is 0.188 e. The summed E-state index contributed by atoms with van der Waals surface area (Å²) in [6, 6.07) is 4.34. The Bertz CT molecular complexity index is 410. The van der Waals surface area contributed by atoms with Gasteiger partial charge in [0.1, 0.15) is 0 Å². The van der Waals surface area contributed by atoms with Crippen molar-refractivity contribution in [2.24, 2.45) is 10.7 Å². The van der Waals surface area contributed by atoms with E-state index in [1.54, 1.807) is 0 Å². The van der Waals surface area contributed by atoms with E-state index in [9.17, 15) is 0 Å². The third-order valence-electron chi connectivity index (χ3n) is 3.32. The van der Waals surface area contributed by atoms with Gasteiger partial charge in [0, 0.05) is 16.8 Å². The summed E-state index contributed by atoms with van der Waals surface area (Å²) in [5.74, 6) is 0.564. The van der Waals surface area contributed by atoms with Crippen LogP contribution in [0.2, 0.25) is 0 Å². The van der Waals surface area contributed by atoms with Crippen molar-refractivity contribution in [3.63, 3.8) is 0 Å². The standard InChI is InChI=1S/C12H18BrN3S/c1-2-15-11(14)16-8-12(6-3-7-12)9-4-5-10(13)17-9/h4-5H,2-3,6-8H2,1H3,(H3,14,15,16). The van der Waals surface area contributed by atoms with Crippen LogP contribution in [0.3, 0.4) is 0 Å². The molecule has 0 unspecified atom stereocenters. The van der Waals surface area contributed by atoms with Crippen LogP contribution in [-0.2, 0) is 5.41 Å². The number of nitrogens with zero attached hydrogens (tertiary/aromatic N) is 1. The molecule has 1 saturated carbocycles. The molecule has 1 aromatic rings. The average molecular weight is 316 g/mol. The Morgan fingerprint density at radius 3 is 2.82 bits per heavy atom. The van der Waals surface area contributed by atoms with Crippen LogP contribution in [0.25, 0.3) is 0 Å². The van der Waals surface area contributed by atoms with Gasteiger partial charge in [0.25, 0.3) is 0 Å². The summed E-state index contributed by atoms with van der Waals surface area (Å²) in [5, 5.41) is 3.04. The Morgan fingerprint density at radius 2 is 2.35 bits per heavy atom. The molecule has 0 spiro atoms. The summed E-state index contributed by atoms with van der Waals surface area (Å²) in [5.41, 5.74) is 6.03. The zero-order chi connectivity index (χ0) is 12.3. The average Bonchev–Trinajstić information content (AvgIpc) is 2.64. The SMILES string of the molecule is CCNC(N)=NCC1(c2ccc(Br)s2)CCC1. The number of nitrogens with two attached hydrogens (primary N) is 1. The summed E-state index contributed by atoms with van der Waals surface area (Å²) in [6.07, 6.45) is 3.75. The van der Waals surface area contributed by atoms with Crippen molar-refractivity contribution in [2.45, 2.75) is 31.6 Å². The molecule has 0 aromatic carbocycles. The highest BCUT2D eigenvalue weighted by molar-refractivity contribution is 9.11. The monoisotopic (exact) mass is 315 g/mol. The minimum absolute atomic E-state index is 0.247. The van der Waals surface area contributed by atoms with Gasteiger partial charge in [-0.3, -0.25) is 4.99 Å². The molecule has 3 nitrogen and oxygen atoms in total. The molecule has 0 bridgehead atoms. The normalized spacial score (nSPS) is 18.8. The van der Waals surface area contributed by atoms with Gasteiger partial charge in [-0.15, -0.1) is 11.3 Å². The van der Waals surface area contributed by atoms with Crippen LogP contribution in [-0.4, -0.2) is 19.0 Å². The minimum atomic E-state index is 0.247. The predicted molar refractivity (Wildman–Crippen MR) is 77.7 cm³/mol. The largest absolute Gasteiger partial charge is 0.370 e. The Labute approximate surface area is 115 Å². The first-order valence-corrected chi connectivity index (χ1v) is 7.57. The molecule has 1 aliphatic carbocycles. The van der Waals surface area contributed by atoms with E-state index in [0.717, 1.165) is 13.1 Å². The lowest BCUT2D eigenvalue weighted by Crippen LogP contribution is -2.39. The van der Waals surface area contributed by atoms with E-state index < -0.39 is 0 Å². The first-order chi connectivity index (χ1) is 8.16. The molecule has 0 saturated heterocycles. The van der Waals surface area contributed by atoms with Crippen LogP contribution < -0.4 is 11.1 Å². The van der Waals surface area contributed by atoms with Gasteiger partial charge < -0.3 is 11.1 Å². The van der Waals surface area contributed by atoms with E-state index in [0.29, 0.717) is 5.96 Å². The summed E-state index contributed by atoms with van der Waals surface area (Å²) in [7, 11) is 0. The molecule has 2 rings (SSSR count). The fraction of sp³-hybridized carbons (Fsp3) is 0.583. The van der Waals surface area contributed by atoms with Gasteiger partial charge in [0.05, 0.1) is 10.3 Å². The van der Waals surface area contributed by atoms with Crippen molar-refractivity contribution in [1.82, 2.24) is 5.32 Å². The Kier molecular flexibility index (Phi) is 4.09. The second-order valence-electron chi connectivity index (χ2n) is 4.47. The highest BCUT2D eigenvalue weighted by Crippen LogP contribution is 2.47. The van der Waals surface area contributed by atoms with E-state index in [2.05, 4.69) is 38.4 Å². The zero-order valence-corrected chi connectivity index (χ0v) is 12.4. The molecule has 94 valence electrons. The van der Waals surface area contributed by atoms with Crippen LogP contribution in [0.1, 0.15) is 31.1 Å². The number of aliphatic imine (C=N–C) groups is 1. The Hall–Kier alpha value is -0.550. The maximum absolute atomic E-state index is 5.79. The Morgan fingerprint density at radius 1 is 1.59 bits per heavy atom. The second-order valence-corrected chi connectivity index (χ2v) is 6.93. The van der Waals surface area contributed by atoms with E-state index >= 15 is 0 Å². The number of hydrogen-bond donors (Lipinski definition) is 2. The van der Waals surface area contributed by atoms with Gasteiger partial charge in [0.15, 0.2) is 5.96 Å². The topological polar surface area (TPSA) is 50.4 Å². The molecule has 1 fully saturated rings. The summed E-state index contributed by atoms with van der Waals surface area (Å²) < 4.78 is 1.20. The maximum Gasteiger partial charge on any atom is 0.188 e. The summed E-state index contributed by atoms with van der Waals surface area (Å²) >= 11 is 5.35. The summed E-state index contributed by atoms with van der Waals surface area (Å²) in [4.78, 5) is 5.90. The van der Waals surface area contributed by atoms with Gasteiger partial charge in [0.2, 0.25) is 0 Å². The fourth-order valence-corrected chi connectivity index (χ4v) is 3.78. The maximum atomic E-state index is 5.79. The van der Waals surface area contributed by atoms with Crippen molar-refractivity contribution in [3.8, 4) is 0 Å². The highest BCUT2D eigenvalue weighted by atomic mass is 79.9. The lowest BCUT2D eigenvalue weighted by atomic mass is 9.68. The lowest BCUT2D eigenvalue weighted by Gasteiger charge is -2.40. The van der Waals surface area contributed by atoms with Crippen LogP contribution in [0, 0.1) is 0 Å². The molecule has 1 aliphatic rings. The third kappa shape index (κ3) is 2.83. The molecule has 1 heterocycles. The molecule has 0 amide bonds. The van der Waals surface area contributed by atoms with Crippen LogP contribution in [0.4, 0.5) is 0 Å². The van der Waals surface area contributed by atoms with E-state index in [4.69, 9.17) is 5.73 Å². The molecule has 5 heteroatoms. The van der Waals surface area contributed by atoms with Gasteiger partial charge in [-0.05, 0) is 47.8 Å². The number of guanidine groups is 1. The van der Waals surface area contributed by atoms with E-state index in [-0.39, 0.29) is 5.41 Å². The number of nitrogens with one attached hydrogen (secondary N) is 1.